The molecule has 2 amide bonds. The zero-order valence-corrected chi connectivity index (χ0v) is 20.3. The fourth-order valence-corrected chi connectivity index (χ4v) is 4.16. The SMILES string of the molecule is Cn1ncc2c(Nc3nc(N[C@@H]4CCCC[C@@H]4NC(=O)OC(C)(C)C)nnc3C(N)=O)cccc21. The molecule has 0 bridgehead atoms. The van der Waals surface area contributed by atoms with E-state index >= 15 is 0 Å². The predicted molar refractivity (Wildman–Crippen MR) is 131 cm³/mol. The number of carbonyl (C=O) groups excluding carboxylic acids is 2. The van der Waals surface area contributed by atoms with Gasteiger partial charge < -0.3 is 26.4 Å². The zero-order valence-electron chi connectivity index (χ0n) is 20.3. The number of aryl methyl sites for hydroxylation is 1. The molecule has 0 radical (unpaired) electrons. The topological polar surface area (TPSA) is 162 Å². The third kappa shape index (κ3) is 5.76. The maximum atomic E-state index is 12.3. The number of ether oxygens (including phenoxy) is 1. The normalized spacial score (nSPS) is 18.2. The molecule has 1 aromatic carbocycles. The fraction of sp³-hybridized carbons (Fsp3) is 0.478. The second-order valence-corrected chi connectivity index (χ2v) is 9.62. The molecule has 2 heterocycles. The minimum atomic E-state index is -0.750. The molecule has 5 N–H and O–H groups in total. The number of aromatic nitrogens is 5. The molecule has 0 unspecified atom stereocenters. The van der Waals surface area contributed by atoms with Gasteiger partial charge in [0.25, 0.3) is 5.91 Å². The van der Waals surface area contributed by atoms with Crippen LogP contribution in [0.3, 0.4) is 0 Å². The Morgan fingerprint density at radius 1 is 1.14 bits per heavy atom. The molecule has 4 rings (SSSR count). The van der Waals surface area contributed by atoms with Crippen LogP contribution in [0.1, 0.15) is 56.9 Å². The Morgan fingerprint density at radius 2 is 1.89 bits per heavy atom. The van der Waals surface area contributed by atoms with Crippen LogP contribution in [0.2, 0.25) is 0 Å². The van der Waals surface area contributed by atoms with E-state index in [0.717, 1.165) is 36.6 Å². The molecule has 35 heavy (non-hydrogen) atoms. The number of benzene rings is 1. The van der Waals surface area contributed by atoms with Gasteiger partial charge in [0.05, 0.1) is 23.4 Å². The average Bonchev–Trinajstić information content (AvgIpc) is 3.16. The number of nitrogens with zero attached hydrogens (tertiary/aromatic N) is 5. The Kier molecular flexibility index (Phi) is 6.72. The van der Waals surface area contributed by atoms with Crippen molar-refractivity contribution in [2.75, 3.05) is 10.6 Å². The lowest BCUT2D eigenvalue weighted by Crippen LogP contribution is -2.50. The number of anilines is 3. The van der Waals surface area contributed by atoms with Gasteiger partial charge in [0.15, 0.2) is 11.5 Å². The summed E-state index contributed by atoms with van der Waals surface area (Å²) in [6.07, 6.45) is 4.83. The first kappa shape index (κ1) is 24.2. The summed E-state index contributed by atoms with van der Waals surface area (Å²) in [5, 5.41) is 22.6. The molecule has 0 saturated heterocycles. The molecule has 3 aromatic rings. The predicted octanol–water partition coefficient (Wildman–Crippen LogP) is 2.85. The average molecular weight is 482 g/mol. The van der Waals surface area contributed by atoms with Crippen molar-refractivity contribution in [1.29, 1.82) is 0 Å². The van der Waals surface area contributed by atoms with Crippen molar-refractivity contribution in [3.63, 3.8) is 0 Å². The Balaban J connectivity index is 1.56. The Bertz CT molecular complexity index is 1230. The molecule has 2 aromatic heterocycles. The van der Waals surface area contributed by atoms with Crippen molar-refractivity contribution in [3.05, 3.63) is 30.1 Å². The molecule has 1 saturated carbocycles. The van der Waals surface area contributed by atoms with Crippen molar-refractivity contribution in [2.45, 2.75) is 64.1 Å². The van der Waals surface area contributed by atoms with E-state index in [-0.39, 0.29) is 29.5 Å². The molecular weight excluding hydrogens is 450 g/mol. The van der Waals surface area contributed by atoms with Crippen LogP contribution in [0.5, 0.6) is 0 Å². The smallest absolute Gasteiger partial charge is 0.407 e. The number of fused-ring (bicyclic) bond motifs is 1. The summed E-state index contributed by atoms with van der Waals surface area (Å²) in [6.45, 7) is 5.47. The van der Waals surface area contributed by atoms with Crippen LogP contribution in [-0.2, 0) is 11.8 Å². The molecule has 1 fully saturated rings. The van der Waals surface area contributed by atoms with Crippen molar-refractivity contribution in [3.8, 4) is 0 Å². The first-order chi connectivity index (χ1) is 16.6. The van der Waals surface area contributed by atoms with Crippen LogP contribution in [0.4, 0.5) is 22.2 Å². The molecule has 0 spiro atoms. The first-order valence-electron chi connectivity index (χ1n) is 11.6. The van der Waals surface area contributed by atoms with E-state index < -0.39 is 17.6 Å². The molecule has 0 aliphatic heterocycles. The molecule has 1 aliphatic rings. The van der Waals surface area contributed by atoms with Crippen molar-refractivity contribution >= 4 is 40.4 Å². The van der Waals surface area contributed by atoms with E-state index in [1.807, 2.05) is 46.0 Å². The molecule has 1 aliphatic carbocycles. The third-order valence-corrected chi connectivity index (χ3v) is 5.75. The van der Waals surface area contributed by atoms with Gasteiger partial charge in [0.2, 0.25) is 5.95 Å². The molecular formula is C23H31N9O3. The number of alkyl carbamates (subject to hydrolysis) is 1. The first-order valence-corrected chi connectivity index (χ1v) is 11.6. The van der Waals surface area contributed by atoms with Crippen LogP contribution in [0.25, 0.3) is 10.9 Å². The molecule has 2 atom stereocenters. The number of hydrogen-bond donors (Lipinski definition) is 4. The minimum Gasteiger partial charge on any atom is -0.444 e. The summed E-state index contributed by atoms with van der Waals surface area (Å²) in [5.74, 6) is -0.350. The van der Waals surface area contributed by atoms with Gasteiger partial charge in [-0.3, -0.25) is 9.48 Å². The quantitative estimate of drug-likeness (QED) is 0.415. The second kappa shape index (κ2) is 9.72. The van der Waals surface area contributed by atoms with E-state index in [1.54, 1.807) is 10.9 Å². The number of primary amides is 1. The Labute approximate surface area is 203 Å². The van der Waals surface area contributed by atoms with E-state index in [4.69, 9.17) is 10.5 Å². The lowest BCUT2D eigenvalue weighted by molar-refractivity contribution is 0.0488. The maximum Gasteiger partial charge on any atom is 0.407 e. The Morgan fingerprint density at radius 3 is 2.60 bits per heavy atom. The second-order valence-electron chi connectivity index (χ2n) is 9.62. The van der Waals surface area contributed by atoms with Crippen LogP contribution >= 0.6 is 0 Å². The summed E-state index contributed by atoms with van der Waals surface area (Å²) < 4.78 is 7.17. The van der Waals surface area contributed by atoms with Gasteiger partial charge in [-0.15, -0.1) is 10.2 Å². The lowest BCUT2D eigenvalue weighted by Gasteiger charge is -2.33. The third-order valence-electron chi connectivity index (χ3n) is 5.75. The van der Waals surface area contributed by atoms with Crippen LogP contribution in [-0.4, -0.2) is 54.6 Å². The van der Waals surface area contributed by atoms with Gasteiger partial charge in [-0.05, 0) is 45.7 Å². The highest BCUT2D eigenvalue weighted by molar-refractivity contribution is 5.98. The fourth-order valence-electron chi connectivity index (χ4n) is 4.16. The molecule has 12 heteroatoms. The van der Waals surface area contributed by atoms with E-state index in [1.165, 1.54) is 0 Å². The summed E-state index contributed by atoms with van der Waals surface area (Å²) in [5.41, 5.74) is 6.47. The van der Waals surface area contributed by atoms with Gasteiger partial charge in [0.1, 0.15) is 5.60 Å². The minimum absolute atomic E-state index is 0.0801. The largest absolute Gasteiger partial charge is 0.444 e. The monoisotopic (exact) mass is 481 g/mol. The number of amides is 2. The molecule has 12 nitrogen and oxygen atoms in total. The van der Waals surface area contributed by atoms with Gasteiger partial charge >= 0.3 is 6.09 Å². The van der Waals surface area contributed by atoms with E-state index in [9.17, 15) is 9.59 Å². The van der Waals surface area contributed by atoms with Crippen molar-refractivity contribution < 1.29 is 14.3 Å². The number of carbonyl (C=O) groups is 2. The number of nitrogens with one attached hydrogen (secondary N) is 3. The summed E-state index contributed by atoms with van der Waals surface area (Å²) in [7, 11) is 1.85. The summed E-state index contributed by atoms with van der Waals surface area (Å²) in [6, 6.07) is 5.37. The van der Waals surface area contributed by atoms with Crippen molar-refractivity contribution in [2.24, 2.45) is 12.8 Å². The number of hydrogen-bond acceptors (Lipinski definition) is 9. The van der Waals surface area contributed by atoms with Gasteiger partial charge in [-0.25, -0.2) is 4.79 Å². The van der Waals surface area contributed by atoms with E-state index in [0.29, 0.717) is 5.69 Å². The van der Waals surface area contributed by atoms with Crippen LogP contribution in [0, 0.1) is 0 Å². The van der Waals surface area contributed by atoms with Crippen LogP contribution < -0.4 is 21.7 Å². The maximum absolute atomic E-state index is 12.3. The highest BCUT2D eigenvalue weighted by atomic mass is 16.6. The standard InChI is InChI=1S/C23H31N9O3/c1-23(2,3)35-22(34)28-16-9-6-5-8-15(16)27-21-29-20(18(19(24)33)30-31-21)26-14-10-7-11-17-13(14)12-25-32(17)4/h7,10-12,15-16H,5-6,8-9H2,1-4H3,(H2,24,33)(H,28,34)(H2,26,27,29,31)/t15-,16+/m1/s1. The highest BCUT2D eigenvalue weighted by Crippen LogP contribution is 2.27. The van der Waals surface area contributed by atoms with Gasteiger partial charge in [-0.1, -0.05) is 18.9 Å². The van der Waals surface area contributed by atoms with Crippen molar-refractivity contribution in [1.82, 2.24) is 30.3 Å². The zero-order chi connectivity index (χ0) is 25.2. The number of rotatable bonds is 6. The van der Waals surface area contributed by atoms with Crippen LogP contribution in [0.15, 0.2) is 24.4 Å². The van der Waals surface area contributed by atoms with E-state index in [2.05, 4.69) is 36.2 Å². The van der Waals surface area contributed by atoms with Gasteiger partial charge in [0, 0.05) is 18.5 Å². The lowest BCUT2D eigenvalue weighted by atomic mass is 9.90. The summed E-state index contributed by atoms with van der Waals surface area (Å²) >= 11 is 0. The Hall–Kier alpha value is -3.96. The highest BCUT2D eigenvalue weighted by Gasteiger charge is 2.29. The molecule has 186 valence electrons. The number of nitrogens with two attached hydrogens (primary N) is 1. The summed E-state index contributed by atoms with van der Waals surface area (Å²) in [4.78, 5) is 28.8. The van der Waals surface area contributed by atoms with Gasteiger partial charge in [-0.2, -0.15) is 10.1 Å².